The van der Waals surface area contributed by atoms with Gasteiger partial charge in [-0.2, -0.15) is 0 Å². The van der Waals surface area contributed by atoms with E-state index in [0.717, 1.165) is 31.4 Å². The van der Waals surface area contributed by atoms with Crippen molar-refractivity contribution >= 4 is 0 Å². The summed E-state index contributed by atoms with van der Waals surface area (Å²) < 4.78 is 0. The van der Waals surface area contributed by atoms with Gasteiger partial charge >= 0.3 is 51.4 Å². The Kier molecular flexibility index (Phi) is 15.6. The van der Waals surface area contributed by atoms with Crippen molar-refractivity contribution in [2.45, 2.75) is 38.2 Å². The van der Waals surface area contributed by atoms with Crippen LogP contribution in [0, 0.1) is 0 Å². The Morgan fingerprint density at radius 3 is 2.28 bits per heavy atom. The molecule has 1 saturated carbocycles. The molecule has 0 spiro atoms. The van der Waals surface area contributed by atoms with E-state index >= 15 is 0 Å². The van der Waals surface area contributed by atoms with Gasteiger partial charge in [-0.05, 0) is 25.0 Å². The van der Waals surface area contributed by atoms with Crippen molar-refractivity contribution in [2.24, 2.45) is 0 Å². The number of pyridine rings is 1. The summed E-state index contributed by atoms with van der Waals surface area (Å²) in [7, 11) is 0. The molecule has 6 heteroatoms. The topological polar surface area (TPSA) is 76.4 Å². The van der Waals surface area contributed by atoms with E-state index in [2.05, 4.69) is 4.98 Å². The summed E-state index contributed by atoms with van der Waals surface area (Å²) in [5.74, 6) is 0.178. The van der Waals surface area contributed by atoms with Crippen LogP contribution in [0.4, 0.5) is 0 Å². The maximum Gasteiger partial charge on any atom is 1.00 e. The van der Waals surface area contributed by atoms with Crippen molar-refractivity contribution in [3.63, 3.8) is 0 Å². The van der Waals surface area contributed by atoms with Crippen molar-refractivity contribution in [3.05, 3.63) is 24.0 Å². The normalized spacial score (nSPS) is 13.2. The van der Waals surface area contributed by atoms with Gasteiger partial charge in [0, 0.05) is 30.9 Å². The first-order chi connectivity index (χ1) is 7.72. The molecule has 2 rings (SSSR count). The van der Waals surface area contributed by atoms with Crippen molar-refractivity contribution in [1.29, 1.82) is 0 Å². The summed E-state index contributed by atoms with van der Waals surface area (Å²) >= 11 is 0. The molecule has 1 aliphatic rings. The van der Waals surface area contributed by atoms with Gasteiger partial charge in [0.05, 0.1) is 6.20 Å². The molecule has 1 fully saturated rings. The Balaban J connectivity index is 0. The quantitative estimate of drug-likeness (QED) is 0.611. The summed E-state index contributed by atoms with van der Waals surface area (Å²) in [6.07, 6.45) is 5.74. The molecule has 0 saturated heterocycles. The van der Waals surface area contributed by atoms with Gasteiger partial charge in [-0.3, -0.25) is 4.98 Å². The third kappa shape index (κ3) is 9.95. The molecule has 4 nitrogen and oxygen atoms in total. The second kappa shape index (κ2) is 13.1. The molecule has 0 unspecified atom stereocenters. The molecule has 0 amide bonds. The van der Waals surface area contributed by atoms with Gasteiger partial charge in [0.1, 0.15) is 5.75 Å². The number of rotatable bonds is 3. The van der Waals surface area contributed by atoms with Crippen LogP contribution in [-0.2, 0) is 25.0 Å². The van der Waals surface area contributed by atoms with E-state index in [1.54, 1.807) is 12.1 Å². The fraction of sp³-hybridized carbons (Fsp3) is 0.583. The number of aliphatic hydroxyl groups is 1. The van der Waals surface area contributed by atoms with E-state index in [0.29, 0.717) is 0 Å². The summed E-state index contributed by atoms with van der Waals surface area (Å²) in [6.45, 7) is 0.183. The van der Waals surface area contributed by atoms with Gasteiger partial charge in [-0.15, -0.1) is 6.10 Å². The molecule has 2 N–H and O–H groups in total. The number of aromatic nitrogens is 1. The maximum absolute atomic E-state index is 9.98. The van der Waals surface area contributed by atoms with Crippen LogP contribution in [0.2, 0.25) is 0 Å². The zero-order valence-electron chi connectivity index (χ0n) is 10.7. The fourth-order valence-electron chi connectivity index (χ4n) is 1.20. The van der Waals surface area contributed by atoms with Crippen LogP contribution < -0.4 is 56.5 Å². The molecule has 95 valence electrons. The first-order valence-corrected chi connectivity index (χ1v) is 5.63. The molecular weight excluding hydrogens is 296 g/mol. The summed E-state index contributed by atoms with van der Waals surface area (Å²) in [4.78, 5) is 3.95. The van der Waals surface area contributed by atoms with Crippen LogP contribution in [-0.4, -0.2) is 27.9 Å². The van der Waals surface area contributed by atoms with E-state index in [1.165, 1.54) is 12.6 Å². The second-order valence-electron chi connectivity index (χ2n) is 3.89. The first-order valence-electron chi connectivity index (χ1n) is 5.63. The summed E-state index contributed by atoms with van der Waals surface area (Å²) in [5, 5.41) is 27.4. The molecule has 1 aromatic rings. The smallest absolute Gasteiger partial charge is 0.852 e. The van der Waals surface area contributed by atoms with Crippen molar-refractivity contribution < 1.29 is 85.3 Å². The maximum atomic E-state index is 9.98. The van der Waals surface area contributed by atoms with Gasteiger partial charge in [0.2, 0.25) is 0 Å². The summed E-state index contributed by atoms with van der Waals surface area (Å²) in [5.41, 5.74) is 0.900. The minimum Gasteiger partial charge on any atom is -0.852 e. The average molecular weight is 314 g/mol. The Labute approximate surface area is 163 Å². The molecule has 0 bridgehead atoms. The molecule has 1 heterocycles. The van der Waals surface area contributed by atoms with Crippen LogP contribution in [0.15, 0.2) is 18.3 Å². The molecule has 1 radical (unpaired) electrons. The van der Waals surface area contributed by atoms with Crippen LogP contribution >= 0.6 is 0 Å². The number of aromatic hydroxyl groups is 1. The average Bonchev–Trinajstić information content (AvgIpc) is 2.27. The van der Waals surface area contributed by atoms with Crippen LogP contribution in [0.3, 0.4) is 0 Å². The van der Waals surface area contributed by atoms with Crippen molar-refractivity contribution in [1.82, 2.24) is 4.98 Å². The van der Waals surface area contributed by atoms with E-state index < -0.39 is 0 Å². The number of hydrogen-bond acceptors (Lipinski definition) is 4. The largest absolute Gasteiger partial charge is 1.00 e. The van der Waals surface area contributed by atoms with Crippen LogP contribution in [0.25, 0.3) is 0 Å². The second-order valence-corrected chi connectivity index (χ2v) is 3.89. The number of aryl methyl sites for hydroxylation is 1. The zero-order chi connectivity index (χ0) is 11.8. The fourth-order valence-corrected chi connectivity index (χ4v) is 1.20. The van der Waals surface area contributed by atoms with E-state index in [-0.39, 0.29) is 88.4 Å². The predicted octanol–water partition coefficient (Wildman–Crippen LogP) is -2.39. The number of aliphatic hydroxyl groups excluding tert-OH is 1. The SMILES string of the molecule is OCCCc1ccc(O)cn1.[K+].[O-]C1CCC1.[V]. The molecule has 1 aromatic heterocycles. The third-order valence-corrected chi connectivity index (χ3v) is 2.45. The Morgan fingerprint density at radius 1 is 1.33 bits per heavy atom. The summed E-state index contributed by atoms with van der Waals surface area (Å²) in [6, 6.07) is 3.35. The van der Waals surface area contributed by atoms with Gasteiger partial charge in [-0.1, -0.05) is 19.3 Å². The van der Waals surface area contributed by atoms with Gasteiger partial charge in [0.25, 0.3) is 0 Å². The zero-order valence-corrected chi connectivity index (χ0v) is 15.3. The third-order valence-electron chi connectivity index (χ3n) is 2.45. The predicted molar refractivity (Wildman–Crippen MR) is 58.9 cm³/mol. The molecule has 1 aliphatic carbocycles. The van der Waals surface area contributed by atoms with Gasteiger partial charge in [-0.25, -0.2) is 0 Å². The Hall–Kier alpha value is 1.09. The molecule has 0 aromatic carbocycles. The minimum atomic E-state index is -0.185. The molecule has 0 atom stereocenters. The minimum absolute atomic E-state index is 0. The Bertz CT molecular complexity index is 294. The van der Waals surface area contributed by atoms with E-state index in [1.807, 2.05) is 0 Å². The monoisotopic (exact) mass is 314 g/mol. The molecular formula is C12H18KNO3V. The van der Waals surface area contributed by atoms with Crippen molar-refractivity contribution in [2.75, 3.05) is 6.61 Å². The van der Waals surface area contributed by atoms with Crippen LogP contribution in [0.5, 0.6) is 5.75 Å². The van der Waals surface area contributed by atoms with E-state index in [9.17, 15) is 5.11 Å². The number of hydrogen-bond donors (Lipinski definition) is 2. The van der Waals surface area contributed by atoms with Crippen molar-refractivity contribution in [3.8, 4) is 5.75 Å². The molecule has 0 aliphatic heterocycles. The van der Waals surface area contributed by atoms with Gasteiger partial charge < -0.3 is 15.3 Å². The molecule has 18 heavy (non-hydrogen) atoms. The Morgan fingerprint density at radius 2 is 1.94 bits per heavy atom. The number of nitrogens with zero attached hydrogens (tertiary/aromatic N) is 1. The standard InChI is InChI=1S/C8H11NO2.C4H7O.K.V/c10-5-1-2-7-3-4-8(11)6-9-7;5-4-2-1-3-4;;/h3-4,6,10-11H,1-2,5H2;4H,1-3H2;;/q;-1;+1;. The van der Waals surface area contributed by atoms with E-state index in [4.69, 9.17) is 10.2 Å². The van der Waals surface area contributed by atoms with Crippen LogP contribution in [0.1, 0.15) is 31.4 Å². The van der Waals surface area contributed by atoms with Gasteiger partial charge in [0.15, 0.2) is 0 Å². The first kappa shape index (κ1) is 21.4.